The first-order valence-electron chi connectivity index (χ1n) is 14.0. The zero-order valence-electron chi connectivity index (χ0n) is 24.6. The van der Waals surface area contributed by atoms with Gasteiger partial charge in [0.1, 0.15) is 31.7 Å². The van der Waals surface area contributed by atoms with Crippen molar-refractivity contribution in [1.29, 1.82) is 0 Å². The number of nitrogens with zero attached hydrogens (tertiary/aromatic N) is 1. The minimum absolute atomic E-state index is 0.0275. The third-order valence-electron chi connectivity index (χ3n) is 6.73. The number of fused-ring (bicyclic) bond motifs is 3. The van der Waals surface area contributed by atoms with E-state index in [1.54, 1.807) is 13.2 Å². The molecule has 230 valence electrons. The standard InChI is InChI=1S/C25H26N2O5.C8H9NO3/c1-29-22-10-4-5-11-23(22)30-14-13-26-15-18(32-17-28)16-31-24-12-6-9-21-25(24)19-7-2-3-8-20(19)27-21;1-7-4-2-3-5-8(7)6-12-9(10)11/h2-12,17-18,26-27H,13-16H2,1H3;2-5H,6H2,1H3. The molecular weight excluding hydrogens is 566 g/mol. The predicted octanol–water partition coefficient (Wildman–Crippen LogP) is 5.62. The molecule has 0 spiro atoms. The van der Waals surface area contributed by atoms with Gasteiger partial charge in [0.15, 0.2) is 11.5 Å². The molecule has 0 fully saturated rings. The average molecular weight is 602 g/mol. The Hall–Kier alpha value is -5.29. The molecule has 1 aromatic heterocycles. The number of rotatable bonds is 15. The molecule has 0 amide bonds. The highest BCUT2D eigenvalue weighted by molar-refractivity contribution is 6.10. The lowest BCUT2D eigenvalue weighted by Gasteiger charge is -2.17. The van der Waals surface area contributed by atoms with Gasteiger partial charge in [0.05, 0.1) is 12.6 Å². The van der Waals surface area contributed by atoms with E-state index in [-0.39, 0.29) is 13.2 Å². The van der Waals surface area contributed by atoms with Gasteiger partial charge in [0.2, 0.25) is 0 Å². The zero-order valence-corrected chi connectivity index (χ0v) is 24.6. The first kappa shape index (κ1) is 31.6. The number of aryl methyl sites for hydroxylation is 1. The topological polar surface area (TPSA) is 134 Å². The maximum Gasteiger partial charge on any atom is 0.294 e. The summed E-state index contributed by atoms with van der Waals surface area (Å²) < 4.78 is 22.3. The Morgan fingerprint density at radius 3 is 2.36 bits per heavy atom. The number of benzene rings is 4. The van der Waals surface area contributed by atoms with Gasteiger partial charge in [-0.2, -0.15) is 0 Å². The van der Waals surface area contributed by atoms with Crippen LogP contribution in [0.1, 0.15) is 11.1 Å². The van der Waals surface area contributed by atoms with Crippen molar-refractivity contribution in [2.75, 3.05) is 33.4 Å². The molecule has 0 aliphatic heterocycles. The van der Waals surface area contributed by atoms with Gasteiger partial charge in [-0.15, -0.1) is 10.1 Å². The molecule has 2 N–H and O–H groups in total. The maximum atomic E-state index is 11.0. The molecule has 0 saturated heterocycles. The summed E-state index contributed by atoms with van der Waals surface area (Å²) in [6, 6.07) is 28.9. The Labute approximate surface area is 254 Å². The fourth-order valence-corrected chi connectivity index (χ4v) is 4.52. The van der Waals surface area contributed by atoms with Crippen LogP contribution in [0.4, 0.5) is 0 Å². The van der Waals surface area contributed by atoms with E-state index >= 15 is 0 Å². The van der Waals surface area contributed by atoms with Crippen molar-refractivity contribution in [2.45, 2.75) is 19.6 Å². The van der Waals surface area contributed by atoms with Crippen molar-refractivity contribution in [3.8, 4) is 17.2 Å². The van der Waals surface area contributed by atoms with E-state index in [9.17, 15) is 14.9 Å². The van der Waals surface area contributed by atoms with Gasteiger partial charge in [-0.1, -0.05) is 60.7 Å². The second kappa shape index (κ2) is 16.4. The molecule has 1 heterocycles. The summed E-state index contributed by atoms with van der Waals surface area (Å²) in [6.45, 7) is 4.07. The molecule has 44 heavy (non-hydrogen) atoms. The van der Waals surface area contributed by atoms with Gasteiger partial charge < -0.3 is 34.1 Å². The van der Waals surface area contributed by atoms with Gasteiger partial charge in [0, 0.05) is 29.4 Å². The molecule has 0 bridgehead atoms. The molecule has 0 saturated carbocycles. The third-order valence-corrected chi connectivity index (χ3v) is 6.73. The van der Waals surface area contributed by atoms with Crippen molar-refractivity contribution in [1.82, 2.24) is 10.3 Å². The number of methoxy groups -OCH3 is 1. The van der Waals surface area contributed by atoms with Gasteiger partial charge >= 0.3 is 0 Å². The minimum atomic E-state index is -0.785. The van der Waals surface area contributed by atoms with Crippen LogP contribution in [0.2, 0.25) is 0 Å². The number of nitrogens with one attached hydrogen (secondary N) is 2. The van der Waals surface area contributed by atoms with E-state index < -0.39 is 11.2 Å². The van der Waals surface area contributed by atoms with Crippen molar-refractivity contribution < 1.29 is 33.7 Å². The lowest BCUT2D eigenvalue weighted by molar-refractivity contribution is -0.763. The second-order valence-corrected chi connectivity index (χ2v) is 9.64. The SMILES string of the molecule is COc1ccccc1OCCNCC(COc1cccc2[nH]c3ccccc3c12)OC=O.Cc1ccccc1CO[N+](=O)[O-]. The van der Waals surface area contributed by atoms with Crippen LogP contribution in [0.3, 0.4) is 0 Å². The number of H-pyrrole nitrogens is 1. The summed E-state index contributed by atoms with van der Waals surface area (Å²) in [5, 5.41) is 14.4. The molecule has 5 rings (SSSR count). The van der Waals surface area contributed by atoms with Crippen molar-refractivity contribution in [3.05, 3.63) is 112 Å². The first-order chi connectivity index (χ1) is 21.5. The molecule has 0 aliphatic rings. The number of aromatic nitrogens is 1. The summed E-state index contributed by atoms with van der Waals surface area (Å²) in [4.78, 5) is 28.5. The highest BCUT2D eigenvalue weighted by atomic mass is 16.9. The van der Waals surface area contributed by atoms with E-state index in [0.717, 1.165) is 38.7 Å². The van der Waals surface area contributed by atoms with Crippen molar-refractivity contribution >= 4 is 28.3 Å². The van der Waals surface area contributed by atoms with Crippen LogP contribution in [-0.4, -0.2) is 56.1 Å². The summed E-state index contributed by atoms with van der Waals surface area (Å²) in [5.41, 5.74) is 3.90. The van der Waals surface area contributed by atoms with Crippen LogP contribution in [0.15, 0.2) is 91.0 Å². The molecule has 11 nitrogen and oxygen atoms in total. The van der Waals surface area contributed by atoms with E-state index in [2.05, 4.69) is 21.2 Å². The third kappa shape index (κ3) is 8.85. The van der Waals surface area contributed by atoms with E-state index in [1.165, 1.54) is 0 Å². The Morgan fingerprint density at radius 1 is 0.886 bits per heavy atom. The summed E-state index contributed by atoms with van der Waals surface area (Å²) in [5.74, 6) is 2.13. The highest BCUT2D eigenvalue weighted by Crippen LogP contribution is 2.33. The normalized spacial score (nSPS) is 11.2. The molecule has 4 aromatic carbocycles. The first-order valence-corrected chi connectivity index (χ1v) is 14.0. The molecule has 11 heteroatoms. The molecule has 5 aromatic rings. The lowest BCUT2D eigenvalue weighted by Crippen LogP contribution is -2.35. The van der Waals surface area contributed by atoms with Gasteiger partial charge in [-0.3, -0.25) is 4.79 Å². The summed E-state index contributed by atoms with van der Waals surface area (Å²) in [6.07, 6.45) is -0.431. The molecule has 1 atom stereocenters. The van der Waals surface area contributed by atoms with E-state index in [1.807, 2.05) is 85.8 Å². The van der Waals surface area contributed by atoms with Crippen LogP contribution >= 0.6 is 0 Å². The van der Waals surface area contributed by atoms with Crippen LogP contribution < -0.4 is 19.5 Å². The molecular formula is C33H35N3O8. The smallest absolute Gasteiger partial charge is 0.294 e. The van der Waals surface area contributed by atoms with Crippen LogP contribution in [0.25, 0.3) is 21.8 Å². The van der Waals surface area contributed by atoms with Crippen LogP contribution in [0, 0.1) is 17.0 Å². The number of hydrogen-bond acceptors (Lipinski definition) is 9. The monoisotopic (exact) mass is 601 g/mol. The number of carbonyl (C=O) groups excluding carboxylic acids is 1. The average Bonchev–Trinajstić information content (AvgIpc) is 3.43. The second-order valence-electron chi connectivity index (χ2n) is 9.64. The van der Waals surface area contributed by atoms with E-state index in [4.69, 9.17) is 18.9 Å². The number of carbonyl (C=O) groups is 1. The fraction of sp³-hybridized carbons (Fsp3) is 0.242. The lowest BCUT2D eigenvalue weighted by atomic mass is 10.1. The number of hydrogen-bond donors (Lipinski definition) is 2. The molecule has 0 radical (unpaired) electrons. The summed E-state index contributed by atoms with van der Waals surface area (Å²) >= 11 is 0. The maximum absolute atomic E-state index is 11.0. The number of ether oxygens (including phenoxy) is 4. The van der Waals surface area contributed by atoms with Crippen molar-refractivity contribution in [2.24, 2.45) is 0 Å². The van der Waals surface area contributed by atoms with Gasteiger partial charge in [-0.05, 0) is 48.4 Å². The Bertz CT molecular complexity index is 1660. The quantitative estimate of drug-likeness (QED) is 0.0678. The van der Waals surface area contributed by atoms with Crippen LogP contribution in [-0.2, 0) is 21.0 Å². The van der Waals surface area contributed by atoms with Crippen LogP contribution in [0.5, 0.6) is 17.2 Å². The fourth-order valence-electron chi connectivity index (χ4n) is 4.52. The van der Waals surface area contributed by atoms with Crippen molar-refractivity contribution in [3.63, 3.8) is 0 Å². The van der Waals surface area contributed by atoms with E-state index in [0.29, 0.717) is 37.7 Å². The zero-order chi connectivity index (χ0) is 31.1. The Kier molecular flexibility index (Phi) is 11.8. The summed E-state index contributed by atoms with van der Waals surface area (Å²) in [7, 11) is 1.61. The number of aromatic amines is 1. The van der Waals surface area contributed by atoms with Gasteiger partial charge in [0.25, 0.3) is 11.6 Å². The highest BCUT2D eigenvalue weighted by Gasteiger charge is 2.14. The molecule has 1 unspecified atom stereocenters. The predicted molar refractivity (Wildman–Crippen MR) is 167 cm³/mol. The Morgan fingerprint density at radius 2 is 1.59 bits per heavy atom. The van der Waals surface area contributed by atoms with Gasteiger partial charge in [-0.25, -0.2) is 0 Å². The molecule has 0 aliphatic carbocycles. The largest absolute Gasteiger partial charge is 0.493 e. The Balaban J connectivity index is 0.000000309. The minimum Gasteiger partial charge on any atom is -0.493 e. The number of para-hydroxylation sites is 3.